The van der Waals surface area contributed by atoms with Crippen LogP contribution in [0.2, 0.25) is 0 Å². The minimum Gasteiger partial charge on any atom is -0.359 e. The molecule has 1 aromatic heterocycles. The molecule has 1 amide bonds. The van der Waals surface area contributed by atoms with Gasteiger partial charge < -0.3 is 11.1 Å². The molecule has 2 rings (SSSR count). The largest absolute Gasteiger partial charge is 0.375 e. The quantitative estimate of drug-likeness (QED) is 0.534. The van der Waals surface area contributed by atoms with Gasteiger partial charge in [-0.25, -0.2) is 0 Å². The molecule has 0 saturated heterocycles. The van der Waals surface area contributed by atoms with Gasteiger partial charge in [-0.2, -0.15) is 9.97 Å². The van der Waals surface area contributed by atoms with E-state index in [4.69, 9.17) is 11.5 Å². The van der Waals surface area contributed by atoms with Gasteiger partial charge in [0.2, 0.25) is 11.7 Å². The van der Waals surface area contributed by atoms with Gasteiger partial charge in [0, 0.05) is 6.04 Å². The molecular weight excluding hydrogens is 262 g/mol. The molecule has 1 aromatic rings. The summed E-state index contributed by atoms with van der Waals surface area (Å²) in [6.07, 6.45) is 5.91. The average Bonchev–Trinajstić information content (AvgIpc) is 2.36. The third kappa shape index (κ3) is 4.59. The standard InChI is InChI=1S/C12H19N5OS/c13-9-6-10(14)17-12(16-9)19-7-11(18)15-8-4-2-1-3-5-8/h6,8H,1-5,7H2,(H,15,18)(H4,13,14,16,17)/p+2. The summed E-state index contributed by atoms with van der Waals surface area (Å²) in [7, 11) is 0. The highest BCUT2D eigenvalue weighted by atomic mass is 32.2. The van der Waals surface area contributed by atoms with Crippen LogP contribution in [0.4, 0.5) is 11.6 Å². The summed E-state index contributed by atoms with van der Waals surface area (Å²) in [5, 5.41) is 3.76. The van der Waals surface area contributed by atoms with E-state index in [-0.39, 0.29) is 5.91 Å². The van der Waals surface area contributed by atoms with E-state index < -0.39 is 0 Å². The van der Waals surface area contributed by atoms with Crippen molar-refractivity contribution in [3.05, 3.63) is 6.07 Å². The Hall–Kier alpha value is -1.50. The summed E-state index contributed by atoms with van der Waals surface area (Å²) < 4.78 is 0. The number of H-pyrrole nitrogens is 2. The molecular formula is C12H21N5OS+2. The minimum atomic E-state index is 0.0553. The molecule has 0 bridgehead atoms. The van der Waals surface area contributed by atoms with Gasteiger partial charge in [0.15, 0.2) is 0 Å². The molecule has 19 heavy (non-hydrogen) atoms. The van der Waals surface area contributed by atoms with Crippen molar-refractivity contribution >= 4 is 29.3 Å². The summed E-state index contributed by atoms with van der Waals surface area (Å²) in [5.41, 5.74) is 11.3. The fourth-order valence-corrected chi connectivity index (χ4v) is 3.00. The van der Waals surface area contributed by atoms with Gasteiger partial charge in [-0.3, -0.25) is 10.5 Å². The van der Waals surface area contributed by atoms with Crippen LogP contribution in [0, 0.1) is 0 Å². The fraction of sp³-hybridized carbons (Fsp3) is 0.583. The molecule has 1 aliphatic carbocycles. The highest BCUT2D eigenvalue weighted by Crippen LogP contribution is 2.17. The molecule has 0 aliphatic heterocycles. The maximum Gasteiger partial charge on any atom is 0.375 e. The molecule has 7 N–H and O–H groups in total. The van der Waals surface area contributed by atoms with E-state index >= 15 is 0 Å². The van der Waals surface area contributed by atoms with Gasteiger partial charge in [0.05, 0.1) is 5.75 Å². The zero-order valence-corrected chi connectivity index (χ0v) is 11.7. The SMILES string of the molecule is Nc1cc(N)[nH+]c(SCC(=O)NC2CCCCC2)[nH+]1. The predicted octanol–water partition coefficient (Wildman–Crippen LogP) is 0.0202. The number of aromatic nitrogens is 2. The summed E-state index contributed by atoms with van der Waals surface area (Å²) in [5.74, 6) is 1.37. The minimum absolute atomic E-state index is 0.0553. The van der Waals surface area contributed by atoms with Gasteiger partial charge in [-0.05, 0) is 24.6 Å². The van der Waals surface area contributed by atoms with Gasteiger partial charge in [0.1, 0.15) is 6.07 Å². The number of carbonyl (C=O) groups is 1. The molecule has 104 valence electrons. The molecule has 1 fully saturated rings. The van der Waals surface area contributed by atoms with E-state index in [1.807, 2.05) is 0 Å². The Morgan fingerprint density at radius 3 is 2.53 bits per heavy atom. The van der Waals surface area contributed by atoms with Crippen molar-refractivity contribution in [1.82, 2.24) is 5.32 Å². The third-order valence-corrected chi connectivity index (χ3v) is 4.04. The second-order valence-electron chi connectivity index (χ2n) is 4.83. The van der Waals surface area contributed by atoms with Crippen LogP contribution >= 0.6 is 11.8 Å². The molecule has 0 atom stereocenters. The van der Waals surface area contributed by atoms with E-state index in [1.165, 1.54) is 31.0 Å². The first kappa shape index (κ1) is 13.9. The first-order chi connectivity index (χ1) is 9.13. The zero-order chi connectivity index (χ0) is 13.7. The lowest BCUT2D eigenvalue weighted by atomic mass is 9.95. The maximum absolute atomic E-state index is 11.8. The zero-order valence-electron chi connectivity index (χ0n) is 10.9. The topological polar surface area (TPSA) is 109 Å². The number of amides is 1. The molecule has 1 saturated carbocycles. The second-order valence-corrected chi connectivity index (χ2v) is 5.81. The summed E-state index contributed by atoms with van der Waals surface area (Å²) in [6.45, 7) is 0. The number of thioether (sulfide) groups is 1. The van der Waals surface area contributed by atoms with Gasteiger partial charge in [-0.15, -0.1) is 0 Å². The van der Waals surface area contributed by atoms with Crippen molar-refractivity contribution in [2.24, 2.45) is 0 Å². The maximum atomic E-state index is 11.8. The van der Waals surface area contributed by atoms with Crippen molar-refractivity contribution in [3.8, 4) is 0 Å². The molecule has 0 spiro atoms. The fourth-order valence-electron chi connectivity index (χ4n) is 2.26. The Kier molecular flexibility index (Phi) is 4.84. The van der Waals surface area contributed by atoms with Crippen LogP contribution in [0.5, 0.6) is 0 Å². The monoisotopic (exact) mass is 283 g/mol. The number of nitrogen functional groups attached to an aromatic ring is 2. The number of nitrogens with one attached hydrogen (secondary N) is 3. The van der Waals surface area contributed by atoms with E-state index in [1.54, 1.807) is 6.07 Å². The van der Waals surface area contributed by atoms with Crippen molar-refractivity contribution < 1.29 is 14.8 Å². The highest BCUT2D eigenvalue weighted by Gasteiger charge is 2.18. The normalized spacial score (nSPS) is 16.2. The van der Waals surface area contributed by atoms with E-state index in [0.29, 0.717) is 28.6 Å². The van der Waals surface area contributed by atoms with Crippen molar-refractivity contribution in [2.45, 2.75) is 43.3 Å². The smallest absolute Gasteiger partial charge is 0.359 e. The second kappa shape index (κ2) is 6.60. The predicted molar refractivity (Wildman–Crippen MR) is 74.1 cm³/mol. The van der Waals surface area contributed by atoms with Crippen LogP contribution in [0.1, 0.15) is 32.1 Å². The molecule has 0 radical (unpaired) electrons. The summed E-state index contributed by atoms with van der Waals surface area (Å²) in [4.78, 5) is 17.7. The lowest BCUT2D eigenvalue weighted by molar-refractivity contribution is -0.590. The molecule has 7 heteroatoms. The first-order valence-electron chi connectivity index (χ1n) is 6.56. The van der Waals surface area contributed by atoms with Gasteiger partial charge >= 0.3 is 11.0 Å². The third-order valence-electron chi connectivity index (χ3n) is 3.14. The Bertz CT molecular complexity index is 427. The Morgan fingerprint density at radius 2 is 1.89 bits per heavy atom. The van der Waals surface area contributed by atoms with Crippen LogP contribution in [0.25, 0.3) is 0 Å². The Labute approximate surface area is 116 Å². The van der Waals surface area contributed by atoms with Gasteiger partial charge in [-0.1, -0.05) is 19.3 Å². The van der Waals surface area contributed by atoms with Crippen molar-refractivity contribution in [3.63, 3.8) is 0 Å². The van der Waals surface area contributed by atoms with Crippen LogP contribution in [0.15, 0.2) is 11.2 Å². The highest BCUT2D eigenvalue weighted by molar-refractivity contribution is 7.99. The first-order valence-corrected chi connectivity index (χ1v) is 7.55. The van der Waals surface area contributed by atoms with E-state index in [2.05, 4.69) is 15.3 Å². The van der Waals surface area contributed by atoms with Gasteiger partial charge in [0.25, 0.3) is 0 Å². The Balaban J connectivity index is 1.79. The summed E-state index contributed by atoms with van der Waals surface area (Å²) in [6, 6.07) is 1.95. The van der Waals surface area contributed by atoms with Crippen molar-refractivity contribution in [2.75, 3.05) is 17.2 Å². The van der Waals surface area contributed by atoms with Crippen LogP contribution in [-0.4, -0.2) is 17.7 Å². The Morgan fingerprint density at radius 1 is 1.26 bits per heavy atom. The number of anilines is 2. The number of carbonyl (C=O) groups excluding carboxylic acids is 1. The number of rotatable bonds is 4. The number of hydrogen-bond acceptors (Lipinski definition) is 4. The van der Waals surface area contributed by atoms with Crippen molar-refractivity contribution in [1.29, 1.82) is 0 Å². The van der Waals surface area contributed by atoms with Crippen LogP contribution in [-0.2, 0) is 4.79 Å². The number of aromatic amines is 2. The molecule has 0 aromatic carbocycles. The van der Waals surface area contributed by atoms with E-state index in [0.717, 1.165) is 12.8 Å². The van der Waals surface area contributed by atoms with E-state index in [9.17, 15) is 4.79 Å². The number of nitrogens with two attached hydrogens (primary N) is 2. The molecule has 6 nitrogen and oxygen atoms in total. The number of hydrogen-bond donors (Lipinski definition) is 3. The molecule has 1 aliphatic rings. The lowest BCUT2D eigenvalue weighted by Crippen LogP contribution is -2.37. The lowest BCUT2D eigenvalue weighted by Gasteiger charge is -2.22. The average molecular weight is 283 g/mol. The molecule has 0 unspecified atom stereocenters. The molecule has 1 heterocycles. The van der Waals surface area contributed by atoms with Crippen LogP contribution in [0.3, 0.4) is 0 Å². The van der Waals surface area contributed by atoms with Crippen LogP contribution < -0.4 is 26.8 Å². The summed E-state index contributed by atoms with van der Waals surface area (Å²) >= 11 is 1.36.